The minimum absolute atomic E-state index is 0.684. The fraction of sp³-hybridized carbons (Fsp3) is 0. The third-order valence-electron chi connectivity index (χ3n) is 1.13. The molecule has 0 saturated heterocycles. The molecule has 0 aromatic carbocycles. The van der Waals surface area contributed by atoms with Gasteiger partial charge in [0.15, 0.2) is 5.45 Å². The Bertz CT molecular complexity index is 321. The van der Waals surface area contributed by atoms with Gasteiger partial charge in [0.25, 0.3) is 0 Å². The number of nitrogens with zero attached hydrogens (tertiary/aromatic N) is 1. The third-order valence-corrected chi connectivity index (χ3v) is 3.17. The Morgan fingerprint density at radius 1 is 1.08 bits per heavy atom. The Morgan fingerprint density at radius 2 is 1.58 bits per heavy atom. The summed E-state index contributed by atoms with van der Waals surface area (Å²) >= 11 is 0. The first-order valence-electron chi connectivity index (χ1n) is 2.63. The Labute approximate surface area is 66.8 Å². The first-order chi connectivity index (χ1) is 5.23. The highest BCUT2D eigenvalue weighted by molar-refractivity contribution is 7.75. The van der Waals surface area contributed by atoms with Gasteiger partial charge in [-0.15, -0.1) is 0 Å². The lowest BCUT2D eigenvalue weighted by atomic mass is 10.5. The van der Waals surface area contributed by atoms with Crippen LogP contribution in [-0.2, 0) is 9.13 Å². The summed E-state index contributed by atoms with van der Waals surface area (Å²) < 4.78 is 20.9. The second-order valence-corrected chi connectivity index (χ2v) is 5.14. The standard InChI is InChI=1S/C3H5NO6P2/c5-11(6,7)2-1-4-3(2)12(8,9)10/h1H,(H2,5,6,7)(H2,8,9,10). The fourth-order valence-electron chi connectivity index (χ4n) is 0.610. The van der Waals surface area contributed by atoms with E-state index in [1.807, 2.05) is 0 Å². The van der Waals surface area contributed by atoms with Crippen LogP contribution in [0.15, 0.2) is 16.5 Å². The molecule has 4 N–H and O–H groups in total. The second kappa shape index (κ2) is 2.60. The lowest BCUT2D eigenvalue weighted by Gasteiger charge is -2.17. The minimum Gasteiger partial charge on any atom is -0.321 e. The molecule has 0 radical (unpaired) electrons. The molecule has 0 aromatic rings. The van der Waals surface area contributed by atoms with E-state index in [2.05, 4.69) is 4.99 Å². The molecule has 0 amide bonds. The molecule has 68 valence electrons. The van der Waals surface area contributed by atoms with Crippen LogP contribution in [0.3, 0.4) is 0 Å². The summed E-state index contributed by atoms with van der Waals surface area (Å²) in [6.45, 7) is 0. The predicted molar refractivity (Wildman–Crippen MR) is 39.6 cm³/mol. The summed E-state index contributed by atoms with van der Waals surface area (Å²) in [5.74, 6) is 0. The number of hydrogen-bond donors (Lipinski definition) is 4. The van der Waals surface area contributed by atoms with E-state index < -0.39 is 26.0 Å². The molecular formula is C3H5NO6P2. The van der Waals surface area contributed by atoms with Gasteiger partial charge in [-0.1, -0.05) is 0 Å². The maximum absolute atomic E-state index is 10.5. The Hall–Kier alpha value is -0.290. The van der Waals surface area contributed by atoms with E-state index in [9.17, 15) is 9.13 Å². The molecule has 1 aliphatic rings. The molecule has 1 heterocycles. The van der Waals surface area contributed by atoms with Gasteiger partial charge in [0, 0.05) is 6.20 Å². The van der Waals surface area contributed by atoms with E-state index in [0.717, 1.165) is 6.20 Å². The molecule has 0 saturated carbocycles. The van der Waals surface area contributed by atoms with Crippen molar-refractivity contribution < 1.29 is 28.7 Å². The summed E-state index contributed by atoms with van der Waals surface area (Å²) in [6, 6.07) is 0. The average molecular weight is 213 g/mol. The molecule has 0 atom stereocenters. The molecule has 0 unspecified atom stereocenters. The Kier molecular flexibility index (Phi) is 2.12. The van der Waals surface area contributed by atoms with Crippen LogP contribution in [0.25, 0.3) is 0 Å². The van der Waals surface area contributed by atoms with E-state index >= 15 is 0 Å². The molecule has 0 spiro atoms. The largest absolute Gasteiger partial charge is 0.375 e. The lowest BCUT2D eigenvalue weighted by Crippen LogP contribution is -2.10. The van der Waals surface area contributed by atoms with Gasteiger partial charge in [0.05, 0.1) is 0 Å². The topological polar surface area (TPSA) is 127 Å². The molecule has 1 aliphatic heterocycles. The molecule has 0 fully saturated rings. The van der Waals surface area contributed by atoms with Crippen LogP contribution in [-0.4, -0.2) is 25.0 Å². The maximum atomic E-state index is 10.5. The molecule has 0 aliphatic carbocycles. The molecule has 0 bridgehead atoms. The van der Waals surface area contributed by atoms with Crippen LogP contribution in [0.1, 0.15) is 0 Å². The highest BCUT2D eigenvalue weighted by Gasteiger charge is 2.40. The van der Waals surface area contributed by atoms with Crippen molar-refractivity contribution >= 4 is 20.6 Å². The zero-order valence-electron chi connectivity index (χ0n) is 5.52. The van der Waals surface area contributed by atoms with Crippen LogP contribution in [0.5, 0.6) is 0 Å². The zero-order chi connectivity index (χ0) is 9.57. The van der Waals surface area contributed by atoms with Gasteiger partial charge in [-0.3, -0.25) is 9.13 Å². The van der Waals surface area contributed by atoms with Gasteiger partial charge in [-0.05, 0) is 0 Å². The average Bonchev–Trinajstić information content (AvgIpc) is 1.46. The van der Waals surface area contributed by atoms with E-state index in [-0.39, 0.29) is 0 Å². The molecule has 12 heavy (non-hydrogen) atoms. The highest BCUT2D eigenvalue weighted by Crippen LogP contribution is 2.56. The number of rotatable bonds is 2. The third kappa shape index (κ3) is 1.72. The molecule has 1 rings (SSSR count). The van der Waals surface area contributed by atoms with Crippen molar-refractivity contribution in [1.29, 1.82) is 0 Å². The van der Waals surface area contributed by atoms with E-state index in [4.69, 9.17) is 19.6 Å². The maximum Gasteiger partial charge on any atom is 0.375 e. The summed E-state index contributed by atoms with van der Waals surface area (Å²) in [5, 5.41) is -0.684. The zero-order valence-corrected chi connectivity index (χ0v) is 7.31. The van der Waals surface area contributed by atoms with Crippen molar-refractivity contribution in [3.05, 3.63) is 11.5 Å². The Balaban J connectivity index is 2.94. The monoisotopic (exact) mass is 213 g/mol. The van der Waals surface area contributed by atoms with Gasteiger partial charge in [0.2, 0.25) is 0 Å². The number of hydrogen-bond acceptors (Lipinski definition) is 3. The van der Waals surface area contributed by atoms with Crippen LogP contribution in [0.2, 0.25) is 0 Å². The number of aliphatic imine (C=N–C) groups is 1. The second-order valence-electron chi connectivity index (χ2n) is 2.06. The first-order valence-corrected chi connectivity index (χ1v) is 5.86. The lowest BCUT2D eigenvalue weighted by molar-refractivity contribution is 0.379. The van der Waals surface area contributed by atoms with Crippen molar-refractivity contribution in [2.45, 2.75) is 0 Å². The van der Waals surface area contributed by atoms with Gasteiger partial charge >= 0.3 is 15.2 Å². The summed E-state index contributed by atoms with van der Waals surface area (Å²) in [6.07, 6.45) is 0.745. The van der Waals surface area contributed by atoms with Crippen LogP contribution in [0, 0.1) is 0 Å². The van der Waals surface area contributed by atoms with Crippen molar-refractivity contribution in [3.8, 4) is 0 Å². The minimum atomic E-state index is -4.63. The van der Waals surface area contributed by atoms with Gasteiger partial charge in [-0.2, -0.15) is 0 Å². The van der Waals surface area contributed by atoms with Crippen molar-refractivity contribution in [2.75, 3.05) is 0 Å². The van der Waals surface area contributed by atoms with Crippen LogP contribution >= 0.6 is 15.2 Å². The van der Waals surface area contributed by atoms with Gasteiger partial charge < -0.3 is 19.6 Å². The van der Waals surface area contributed by atoms with Crippen molar-refractivity contribution in [1.82, 2.24) is 0 Å². The van der Waals surface area contributed by atoms with E-state index in [1.165, 1.54) is 0 Å². The van der Waals surface area contributed by atoms with E-state index in [0.29, 0.717) is 0 Å². The Morgan fingerprint density at radius 3 is 1.67 bits per heavy atom. The summed E-state index contributed by atoms with van der Waals surface area (Å²) in [5.41, 5.74) is -0.823. The van der Waals surface area contributed by atoms with Gasteiger partial charge in [0.1, 0.15) is 5.31 Å². The quantitative estimate of drug-likeness (QED) is 0.462. The predicted octanol–water partition coefficient (Wildman–Crippen LogP) is -0.405. The SMILES string of the molecule is O=P(O)(O)C1=CN=C1P(=O)(O)O. The highest BCUT2D eigenvalue weighted by atomic mass is 31.2. The smallest absolute Gasteiger partial charge is 0.321 e. The molecular weight excluding hydrogens is 208 g/mol. The number of allylic oxidation sites excluding steroid dienone is 1. The van der Waals surface area contributed by atoms with Crippen molar-refractivity contribution in [2.24, 2.45) is 4.99 Å². The summed E-state index contributed by atoms with van der Waals surface area (Å²) in [4.78, 5) is 37.0. The molecule has 7 nitrogen and oxygen atoms in total. The first kappa shape index (κ1) is 9.80. The molecule has 0 aromatic heterocycles. The molecule has 9 heteroatoms. The normalized spacial score (nSPS) is 18.0. The van der Waals surface area contributed by atoms with Crippen LogP contribution in [0.4, 0.5) is 0 Å². The van der Waals surface area contributed by atoms with E-state index in [1.54, 1.807) is 0 Å². The van der Waals surface area contributed by atoms with Crippen LogP contribution < -0.4 is 0 Å². The fourth-order valence-corrected chi connectivity index (χ4v) is 2.48. The van der Waals surface area contributed by atoms with Gasteiger partial charge in [-0.25, -0.2) is 4.99 Å². The van der Waals surface area contributed by atoms with Crippen molar-refractivity contribution in [3.63, 3.8) is 0 Å². The summed E-state index contributed by atoms with van der Waals surface area (Å²) in [7, 11) is -9.22.